The van der Waals surface area contributed by atoms with E-state index in [1.807, 2.05) is 0 Å². The number of aliphatic hydroxyl groups is 1. The number of thiol groups is 1. The molecule has 1 N–H and O–H groups in total. The van der Waals surface area contributed by atoms with Crippen molar-refractivity contribution in [3.05, 3.63) is 0 Å². The highest BCUT2D eigenvalue weighted by Crippen LogP contribution is 2.22. The molecule has 0 bridgehead atoms. The van der Waals surface area contributed by atoms with Gasteiger partial charge in [0.1, 0.15) is 0 Å². The molecule has 0 aliphatic carbocycles. The van der Waals surface area contributed by atoms with Gasteiger partial charge in [0.2, 0.25) is 0 Å². The third kappa shape index (κ3) is 1.47. The van der Waals surface area contributed by atoms with E-state index < -0.39 is 0 Å². The van der Waals surface area contributed by atoms with Crippen molar-refractivity contribution >= 4 is 12.6 Å². The van der Waals surface area contributed by atoms with Gasteiger partial charge in [0.15, 0.2) is 0 Å². The van der Waals surface area contributed by atoms with Gasteiger partial charge in [0.25, 0.3) is 0 Å². The van der Waals surface area contributed by atoms with Crippen molar-refractivity contribution in [3.8, 4) is 0 Å². The molecule has 0 spiro atoms. The Balaban J connectivity index is 2.36. The van der Waals surface area contributed by atoms with Crippen LogP contribution in [0.3, 0.4) is 0 Å². The fourth-order valence-electron chi connectivity index (χ4n) is 1.05. The standard InChI is InChI=1S/C7H15NOS/c1-7(2,5-10)8-3-6(9)4-8/h6,9-10H,3-5H2,1-2H3. The van der Waals surface area contributed by atoms with E-state index in [0.717, 1.165) is 18.8 Å². The van der Waals surface area contributed by atoms with Crippen LogP contribution in [-0.2, 0) is 0 Å². The van der Waals surface area contributed by atoms with Crippen LogP contribution < -0.4 is 0 Å². The summed E-state index contributed by atoms with van der Waals surface area (Å²) in [7, 11) is 0. The lowest BCUT2D eigenvalue weighted by atomic mass is 9.99. The van der Waals surface area contributed by atoms with Gasteiger partial charge in [-0.3, -0.25) is 4.90 Å². The van der Waals surface area contributed by atoms with Gasteiger partial charge in [0.05, 0.1) is 6.10 Å². The molecule has 0 aromatic rings. The third-order valence-electron chi connectivity index (χ3n) is 2.11. The summed E-state index contributed by atoms with van der Waals surface area (Å²) in [6, 6.07) is 0. The Hall–Kier alpha value is 0.270. The van der Waals surface area contributed by atoms with Crippen LogP contribution in [0.5, 0.6) is 0 Å². The zero-order chi connectivity index (χ0) is 7.78. The van der Waals surface area contributed by atoms with Crippen molar-refractivity contribution in [2.45, 2.75) is 25.5 Å². The Labute approximate surface area is 67.6 Å². The Morgan fingerprint density at radius 3 is 2.40 bits per heavy atom. The highest BCUT2D eigenvalue weighted by Gasteiger charge is 2.34. The van der Waals surface area contributed by atoms with E-state index in [0.29, 0.717) is 0 Å². The molecule has 3 heteroatoms. The first-order valence-electron chi connectivity index (χ1n) is 3.60. The van der Waals surface area contributed by atoms with Crippen LogP contribution in [0.15, 0.2) is 0 Å². The number of hydrogen-bond donors (Lipinski definition) is 2. The lowest BCUT2D eigenvalue weighted by molar-refractivity contribution is -0.0467. The number of nitrogens with zero attached hydrogens (tertiary/aromatic N) is 1. The Morgan fingerprint density at radius 1 is 1.60 bits per heavy atom. The Bertz CT molecular complexity index is 121. The van der Waals surface area contributed by atoms with Crippen LogP contribution in [-0.4, -0.2) is 40.5 Å². The van der Waals surface area contributed by atoms with Crippen molar-refractivity contribution in [3.63, 3.8) is 0 Å². The van der Waals surface area contributed by atoms with Crippen molar-refractivity contribution in [2.24, 2.45) is 0 Å². The highest BCUT2D eigenvalue weighted by molar-refractivity contribution is 7.80. The summed E-state index contributed by atoms with van der Waals surface area (Å²) in [5.41, 5.74) is 0.155. The molecule has 0 saturated carbocycles. The molecular weight excluding hydrogens is 146 g/mol. The minimum Gasteiger partial charge on any atom is -0.390 e. The SMILES string of the molecule is CC(C)(CS)N1CC(O)C1. The van der Waals surface area contributed by atoms with Crippen LogP contribution in [0.25, 0.3) is 0 Å². The molecule has 1 aliphatic heterocycles. The number of rotatable bonds is 2. The maximum absolute atomic E-state index is 9.01. The number of β-amino-alcohol motifs (C(OH)–C–C–N with tert-alkyl or cyclic N) is 1. The molecule has 0 unspecified atom stereocenters. The van der Waals surface area contributed by atoms with Crippen molar-refractivity contribution in [2.75, 3.05) is 18.8 Å². The van der Waals surface area contributed by atoms with E-state index in [-0.39, 0.29) is 11.6 Å². The first-order chi connectivity index (χ1) is 4.56. The molecule has 60 valence electrons. The van der Waals surface area contributed by atoms with E-state index in [1.54, 1.807) is 0 Å². The molecule has 0 aromatic carbocycles. The summed E-state index contributed by atoms with van der Waals surface area (Å²) < 4.78 is 0. The maximum atomic E-state index is 9.01. The van der Waals surface area contributed by atoms with Crippen LogP contribution in [0.2, 0.25) is 0 Å². The summed E-state index contributed by atoms with van der Waals surface area (Å²) in [5, 5.41) is 9.01. The van der Waals surface area contributed by atoms with Gasteiger partial charge in [-0.05, 0) is 13.8 Å². The Morgan fingerprint density at radius 2 is 2.10 bits per heavy atom. The quantitative estimate of drug-likeness (QED) is 0.572. The van der Waals surface area contributed by atoms with Gasteiger partial charge in [-0.25, -0.2) is 0 Å². The molecule has 1 rings (SSSR count). The Kier molecular flexibility index (Phi) is 2.28. The summed E-state index contributed by atoms with van der Waals surface area (Å²) >= 11 is 4.23. The summed E-state index contributed by atoms with van der Waals surface area (Å²) in [4.78, 5) is 2.24. The largest absolute Gasteiger partial charge is 0.390 e. The molecule has 1 fully saturated rings. The molecule has 1 saturated heterocycles. The maximum Gasteiger partial charge on any atom is 0.0794 e. The van der Waals surface area contributed by atoms with Crippen molar-refractivity contribution in [1.82, 2.24) is 4.90 Å². The summed E-state index contributed by atoms with van der Waals surface area (Å²) in [6.45, 7) is 5.92. The lowest BCUT2D eigenvalue weighted by Crippen LogP contribution is -2.60. The van der Waals surface area contributed by atoms with Gasteiger partial charge < -0.3 is 5.11 Å². The minimum absolute atomic E-state index is 0.0980. The van der Waals surface area contributed by atoms with E-state index in [4.69, 9.17) is 5.11 Å². The fraction of sp³-hybridized carbons (Fsp3) is 1.00. The fourth-order valence-corrected chi connectivity index (χ4v) is 1.25. The van der Waals surface area contributed by atoms with Gasteiger partial charge in [0, 0.05) is 24.4 Å². The molecule has 0 amide bonds. The second-order valence-corrected chi connectivity index (χ2v) is 3.85. The molecular formula is C7H15NOS. The number of aliphatic hydroxyl groups excluding tert-OH is 1. The molecule has 1 aliphatic rings. The minimum atomic E-state index is -0.0980. The first kappa shape index (κ1) is 8.37. The predicted molar refractivity (Wildman–Crippen MR) is 45.5 cm³/mol. The van der Waals surface area contributed by atoms with Gasteiger partial charge in [-0.2, -0.15) is 12.6 Å². The second kappa shape index (κ2) is 2.72. The van der Waals surface area contributed by atoms with Crippen LogP contribution in [0.4, 0.5) is 0 Å². The smallest absolute Gasteiger partial charge is 0.0794 e. The third-order valence-corrected chi connectivity index (χ3v) is 2.88. The van der Waals surface area contributed by atoms with E-state index >= 15 is 0 Å². The topological polar surface area (TPSA) is 23.5 Å². The zero-order valence-corrected chi connectivity index (χ0v) is 7.43. The van der Waals surface area contributed by atoms with E-state index in [9.17, 15) is 0 Å². The normalized spacial score (nSPS) is 22.8. The molecule has 10 heavy (non-hydrogen) atoms. The van der Waals surface area contributed by atoms with Crippen molar-refractivity contribution in [1.29, 1.82) is 0 Å². The zero-order valence-electron chi connectivity index (χ0n) is 6.54. The van der Waals surface area contributed by atoms with Crippen LogP contribution in [0.1, 0.15) is 13.8 Å². The van der Waals surface area contributed by atoms with E-state index in [2.05, 4.69) is 31.4 Å². The molecule has 0 atom stereocenters. The average molecular weight is 161 g/mol. The van der Waals surface area contributed by atoms with E-state index in [1.165, 1.54) is 0 Å². The number of hydrogen-bond acceptors (Lipinski definition) is 3. The predicted octanol–water partition coefficient (Wildman–Crippen LogP) is 0.371. The van der Waals surface area contributed by atoms with Crippen LogP contribution in [0, 0.1) is 0 Å². The van der Waals surface area contributed by atoms with Gasteiger partial charge in [-0.1, -0.05) is 0 Å². The highest BCUT2D eigenvalue weighted by atomic mass is 32.1. The second-order valence-electron chi connectivity index (χ2n) is 3.53. The van der Waals surface area contributed by atoms with Crippen molar-refractivity contribution < 1.29 is 5.11 Å². The van der Waals surface area contributed by atoms with Gasteiger partial charge in [-0.15, -0.1) is 0 Å². The van der Waals surface area contributed by atoms with Gasteiger partial charge >= 0.3 is 0 Å². The molecule has 2 nitrogen and oxygen atoms in total. The molecule has 0 radical (unpaired) electrons. The van der Waals surface area contributed by atoms with Crippen LogP contribution >= 0.6 is 12.6 Å². The molecule has 1 heterocycles. The summed E-state index contributed by atoms with van der Waals surface area (Å²) in [6.07, 6.45) is -0.0980. The first-order valence-corrected chi connectivity index (χ1v) is 4.23. The summed E-state index contributed by atoms with van der Waals surface area (Å²) in [5.74, 6) is 0.847. The lowest BCUT2D eigenvalue weighted by Gasteiger charge is -2.46. The monoisotopic (exact) mass is 161 g/mol. The average Bonchev–Trinajstić information content (AvgIpc) is 1.81. The number of likely N-dealkylation sites (tertiary alicyclic amines) is 1. The molecule has 0 aromatic heterocycles.